The number of aromatic nitrogens is 2. The van der Waals surface area contributed by atoms with Crippen molar-refractivity contribution in [1.29, 1.82) is 0 Å². The van der Waals surface area contributed by atoms with Crippen molar-refractivity contribution in [2.24, 2.45) is 0 Å². The number of nitrogens with zero attached hydrogens (tertiary/aromatic N) is 2. The number of rotatable bonds is 5. The zero-order valence-electron chi connectivity index (χ0n) is 14.5. The van der Waals surface area contributed by atoms with Crippen LogP contribution in [0, 0.1) is 6.92 Å². The van der Waals surface area contributed by atoms with E-state index in [9.17, 15) is 0 Å². The van der Waals surface area contributed by atoms with E-state index >= 15 is 0 Å². The fourth-order valence-corrected chi connectivity index (χ4v) is 3.75. The first-order valence-electron chi connectivity index (χ1n) is 8.56. The molecule has 0 bridgehead atoms. The quantitative estimate of drug-likeness (QED) is 0.491. The van der Waals surface area contributed by atoms with Crippen LogP contribution < -0.4 is 5.32 Å². The molecule has 4 aromatic rings. The Labute approximate surface area is 157 Å². The van der Waals surface area contributed by atoms with Gasteiger partial charge in [0.15, 0.2) is 5.13 Å². The van der Waals surface area contributed by atoms with Crippen molar-refractivity contribution in [3.8, 4) is 21.7 Å². The predicted molar refractivity (Wildman–Crippen MR) is 109 cm³/mol. The van der Waals surface area contributed by atoms with Gasteiger partial charge in [-0.05, 0) is 30.2 Å². The fourth-order valence-electron chi connectivity index (χ4n) is 2.91. The zero-order valence-corrected chi connectivity index (χ0v) is 15.3. The van der Waals surface area contributed by atoms with Crippen molar-refractivity contribution >= 4 is 16.5 Å². The molecule has 0 spiro atoms. The molecule has 1 N–H and O–H groups in total. The lowest BCUT2D eigenvalue weighted by Gasteiger charge is -2.09. The number of hydrogen-bond acceptors (Lipinski definition) is 4. The highest BCUT2D eigenvalue weighted by Crippen LogP contribution is 2.36. The van der Waals surface area contributed by atoms with Crippen LogP contribution in [0.5, 0.6) is 0 Å². The van der Waals surface area contributed by atoms with Gasteiger partial charge in [0.1, 0.15) is 0 Å². The van der Waals surface area contributed by atoms with E-state index in [0.29, 0.717) is 0 Å². The van der Waals surface area contributed by atoms with E-state index in [1.165, 1.54) is 11.1 Å². The molecule has 2 aromatic heterocycles. The van der Waals surface area contributed by atoms with Gasteiger partial charge in [0, 0.05) is 30.1 Å². The lowest BCUT2D eigenvalue weighted by molar-refractivity contribution is 1.13. The van der Waals surface area contributed by atoms with Crippen LogP contribution in [0.4, 0.5) is 5.13 Å². The molecule has 2 aromatic carbocycles. The lowest BCUT2D eigenvalue weighted by atomic mass is 10.0. The molecular weight excluding hydrogens is 338 g/mol. The monoisotopic (exact) mass is 357 g/mol. The number of hydrogen-bond donors (Lipinski definition) is 1. The number of aryl methyl sites for hydroxylation is 1. The Morgan fingerprint density at radius 1 is 0.846 bits per heavy atom. The highest BCUT2D eigenvalue weighted by Gasteiger charge is 2.13. The standard InChI is InChI=1S/C22H19N3S/c1-16-8-5-6-11-18(16)21-19(12-7-13-23-21)20-15-25-22(26-20)24-14-17-9-3-2-4-10-17/h2-13,15H,14H2,1H3,(H,24,25). The van der Waals surface area contributed by atoms with Gasteiger partial charge in [-0.1, -0.05) is 65.9 Å². The van der Waals surface area contributed by atoms with E-state index in [4.69, 9.17) is 0 Å². The minimum atomic E-state index is 0.769. The highest BCUT2D eigenvalue weighted by molar-refractivity contribution is 7.18. The number of benzene rings is 2. The lowest BCUT2D eigenvalue weighted by Crippen LogP contribution is -1.97. The van der Waals surface area contributed by atoms with E-state index in [1.54, 1.807) is 11.3 Å². The summed E-state index contributed by atoms with van der Waals surface area (Å²) < 4.78 is 0. The first-order chi connectivity index (χ1) is 12.8. The van der Waals surface area contributed by atoms with Gasteiger partial charge in [0.25, 0.3) is 0 Å². The highest BCUT2D eigenvalue weighted by atomic mass is 32.1. The summed E-state index contributed by atoms with van der Waals surface area (Å²) in [6.45, 7) is 2.89. The molecule has 0 radical (unpaired) electrons. The Morgan fingerprint density at radius 2 is 1.62 bits per heavy atom. The second kappa shape index (κ2) is 7.50. The van der Waals surface area contributed by atoms with Gasteiger partial charge in [0.2, 0.25) is 0 Å². The topological polar surface area (TPSA) is 37.8 Å². The Balaban J connectivity index is 1.61. The summed E-state index contributed by atoms with van der Waals surface area (Å²) in [5.41, 5.74) is 5.75. The zero-order chi connectivity index (χ0) is 17.8. The average Bonchev–Trinajstić information content (AvgIpc) is 3.17. The molecule has 0 unspecified atom stereocenters. The van der Waals surface area contributed by atoms with Crippen LogP contribution in [0.3, 0.4) is 0 Å². The third kappa shape index (κ3) is 3.51. The molecule has 128 valence electrons. The van der Waals surface area contributed by atoms with Gasteiger partial charge in [-0.15, -0.1) is 0 Å². The van der Waals surface area contributed by atoms with Gasteiger partial charge in [-0.25, -0.2) is 4.98 Å². The molecule has 0 aliphatic rings. The molecule has 0 saturated carbocycles. The van der Waals surface area contributed by atoms with E-state index in [2.05, 4.69) is 76.8 Å². The average molecular weight is 357 g/mol. The molecule has 0 atom stereocenters. The third-order valence-corrected chi connectivity index (χ3v) is 5.25. The van der Waals surface area contributed by atoms with Crippen molar-refractivity contribution in [2.45, 2.75) is 13.5 Å². The summed E-state index contributed by atoms with van der Waals surface area (Å²) in [6, 6.07) is 22.8. The third-order valence-electron chi connectivity index (χ3n) is 4.27. The van der Waals surface area contributed by atoms with E-state index in [0.717, 1.165) is 33.4 Å². The van der Waals surface area contributed by atoms with Crippen LogP contribution >= 0.6 is 11.3 Å². The molecule has 0 saturated heterocycles. The second-order valence-corrected chi connectivity index (χ2v) is 7.11. The summed E-state index contributed by atoms with van der Waals surface area (Å²) in [4.78, 5) is 10.3. The Morgan fingerprint density at radius 3 is 2.46 bits per heavy atom. The van der Waals surface area contributed by atoms with Gasteiger partial charge < -0.3 is 5.32 Å². The van der Waals surface area contributed by atoms with Crippen molar-refractivity contribution in [3.63, 3.8) is 0 Å². The number of anilines is 1. The van der Waals surface area contributed by atoms with Crippen molar-refractivity contribution < 1.29 is 0 Å². The molecule has 4 heteroatoms. The van der Waals surface area contributed by atoms with Crippen LogP contribution in [0.1, 0.15) is 11.1 Å². The fraction of sp³-hybridized carbons (Fsp3) is 0.0909. The molecular formula is C22H19N3S. The summed E-state index contributed by atoms with van der Waals surface area (Å²) in [7, 11) is 0. The van der Waals surface area contributed by atoms with E-state index < -0.39 is 0 Å². The summed E-state index contributed by atoms with van der Waals surface area (Å²) >= 11 is 1.66. The number of thiazole rings is 1. The molecule has 2 heterocycles. The van der Waals surface area contributed by atoms with Crippen molar-refractivity contribution in [2.75, 3.05) is 5.32 Å². The minimum Gasteiger partial charge on any atom is -0.357 e. The molecule has 0 fully saturated rings. The van der Waals surface area contributed by atoms with Crippen LogP contribution in [0.25, 0.3) is 21.7 Å². The minimum absolute atomic E-state index is 0.769. The molecule has 0 amide bonds. The van der Waals surface area contributed by atoms with Crippen molar-refractivity contribution in [3.05, 3.63) is 90.3 Å². The van der Waals surface area contributed by atoms with E-state index in [1.807, 2.05) is 24.5 Å². The van der Waals surface area contributed by atoms with Gasteiger partial charge >= 0.3 is 0 Å². The molecule has 0 aliphatic carbocycles. The van der Waals surface area contributed by atoms with Crippen molar-refractivity contribution in [1.82, 2.24) is 9.97 Å². The van der Waals surface area contributed by atoms with Crippen LogP contribution in [0.15, 0.2) is 79.1 Å². The molecule has 4 rings (SSSR count). The maximum absolute atomic E-state index is 4.65. The Bertz CT molecular complexity index is 1010. The second-order valence-electron chi connectivity index (χ2n) is 6.08. The summed E-state index contributed by atoms with van der Waals surface area (Å²) in [6.07, 6.45) is 3.78. The van der Waals surface area contributed by atoms with Crippen LogP contribution in [-0.4, -0.2) is 9.97 Å². The Hall–Kier alpha value is -2.98. The summed E-state index contributed by atoms with van der Waals surface area (Å²) in [5.74, 6) is 0. The van der Waals surface area contributed by atoms with Gasteiger partial charge in [-0.2, -0.15) is 0 Å². The van der Waals surface area contributed by atoms with Gasteiger partial charge in [0.05, 0.1) is 10.6 Å². The van der Waals surface area contributed by atoms with Gasteiger partial charge in [-0.3, -0.25) is 4.98 Å². The number of pyridine rings is 1. The molecule has 26 heavy (non-hydrogen) atoms. The molecule has 3 nitrogen and oxygen atoms in total. The normalized spacial score (nSPS) is 10.7. The van der Waals surface area contributed by atoms with Crippen LogP contribution in [-0.2, 0) is 6.54 Å². The first kappa shape index (κ1) is 16.5. The largest absolute Gasteiger partial charge is 0.357 e. The van der Waals surface area contributed by atoms with E-state index in [-0.39, 0.29) is 0 Å². The SMILES string of the molecule is Cc1ccccc1-c1ncccc1-c1cnc(NCc2ccccc2)s1. The maximum atomic E-state index is 4.65. The first-order valence-corrected chi connectivity index (χ1v) is 9.38. The molecule has 0 aliphatic heterocycles. The number of nitrogens with one attached hydrogen (secondary N) is 1. The smallest absolute Gasteiger partial charge is 0.183 e. The summed E-state index contributed by atoms with van der Waals surface area (Å²) in [5, 5.41) is 4.33. The maximum Gasteiger partial charge on any atom is 0.183 e. The van der Waals surface area contributed by atoms with Crippen LogP contribution in [0.2, 0.25) is 0 Å². The Kier molecular flexibility index (Phi) is 4.75. The predicted octanol–water partition coefficient (Wildman–Crippen LogP) is 5.79.